The zero-order valence-corrected chi connectivity index (χ0v) is 18.5. The fraction of sp³-hybridized carbons (Fsp3) is 0.154. The van der Waals surface area contributed by atoms with E-state index in [9.17, 15) is 19.7 Å². The molecule has 0 fully saturated rings. The summed E-state index contributed by atoms with van der Waals surface area (Å²) in [6.45, 7) is 6.07. The first-order chi connectivity index (χ1) is 15.8. The van der Waals surface area contributed by atoms with Crippen molar-refractivity contribution in [1.29, 1.82) is 0 Å². The van der Waals surface area contributed by atoms with Gasteiger partial charge in [0.25, 0.3) is 17.5 Å². The molecule has 0 radical (unpaired) electrons. The maximum atomic E-state index is 13.5. The van der Waals surface area contributed by atoms with Gasteiger partial charge >= 0.3 is 0 Å². The number of amides is 2. The van der Waals surface area contributed by atoms with Gasteiger partial charge in [0.2, 0.25) is 0 Å². The van der Waals surface area contributed by atoms with Crippen LogP contribution in [0.2, 0.25) is 0 Å². The number of anilines is 2. The first kappa shape index (κ1) is 22.0. The van der Waals surface area contributed by atoms with Crippen molar-refractivity contribution in [2.24, 2.45) is 0 Å². The van der Waals surface area contributed by atoms with Crippen molar-refractivity contribution >= 4 is 34.4 Å². The summed E-state index contributed by atoms with van der Waals surface area (Å²) >= 11 is 0. The number of carbonyl (C=O) groups excluding carboxylic acids is 2. The molecule has 0 aromatic heterocycles. The minimum absolute atomic E-state index is 0.0922. The highest BCUT2D eigenvalue weighted by Crippen LogP contribution is 2.34. The summed E-state index contributed by atoms with van der Waals surface area (Å²) in [5.74, 6) is -0.604. The zero-order chi connectivity index (χ0) is 23.7. The number of nitro groups is 1. The Morgan fingerprint density at radius 1 is 0.909 bits per heavy atom. The van der Waals surface area contributed by atoms with Crippen LogP contribution < -0.4 is 10.2 Å². The van der Waals surface area contributed by atoms with Crippen LogP contribution in [-0.4, -0.2) is 16.7 Å². The van der Waals surface area contributed by atoms with Crippen molar-refractivity contribution in [2.45, 2.75) is 26.7 Å². The van der Waals surface area contributed by atoms with Crippen molar-refractivity contribution in [3.63, 3.8) is 0 Å². The quantitative estimate of drug-likeness (QED) is 0.313. The fourth-order valence-electron chi connectivity index (χ4n) is 3.76. The van der Waals surface area contributed by atoms with E-state index >= 15 is 0 Å². The molecule has 0 aliphatic carbocycles. The Kier molecular flexibility index (Phi) is 5.79. The van der Waals surface area contributed by atoms with E-state index in [-0.39, 0.29) is 17.0 Å². The molecule has 0 saturated carbocycles. The van der Waals surface area contributed by atoms with Crippen LogP contribution in [0.1, 0.15) is 36.5 Å². The summed E-state index contributed by atoms with van der Waals surface area (Å²) in [4.78, 5) is 38.6. The lowest BCUT2D eigenvalue weighted by Gasteiger charge is -2.16. The SMILES string of the molecule is Cc1cccc(N2C(=O)C(Nc3ccc(C(C)C)cc3)=C(c3ccc([N+](=O)[O-])cc3)C2=O)c1. The standard InChI is InChI=1S/C26H23N3O4/c1-16(2)18-7-11-20(12-8-18)27-24-23(19-9-13-21(14-10-19)29(32)33)25(30)28(26(24)31)22-6-4-5-17(3)15-22/h4-16,27H,1-3H3. The maximum Gasteiger partial charge on any atom is 0.282 e. The molecule has 0 unspecified atom stereocenters. The molecule has 1 N–H and O–H groups in total. The summed E-state index contributed by atoms with van der Waals surface area (Å²) < 4.78 is 0. The molecule has 0 saturated heterocycles. The van der Waals surface area contributed by atoms with E-state index in [0.717, 1.165) is 16.0 Å². The number of non-ortho nitro benzene ring substituents is 1. The second-order valence-corrected chi connectivity index (χ2v) is 8.24. The molecule has 0 spiro atoms. The minimum atomic E-state index is -0.506. The van der Waals surface area contributed by atoms with Crippen LogP contribution in [-0.2, 0) is 9.59 Å². The first-order valence-electron chi connectivity index (χ1n) is 10.6. The van der Waals surface area contributed by atoms with E-state index in [1.165, 1.54) is 24.3 Å². The van der Waals surface area contributed by atoms with Gasteiger partial charge in [0.05, 0.1) is 16.2 Å². The van der Waals surface area contributed by atoms with Gasteiger partial charge in [-0.05, 0) is 65.9 Å². The highest BCUT2D eigenvalue weighted by atomic mass is 16.6. The Morgan fingerprint density at radius 2 is 1.58 bits per heavy atom. The van der Waals surface area contributed by atoms with Gasteiger partial charge in [0, 0.05) is 17.8 Å². The van der Waals surface area contributed by atoms with Crippen LogP contribution in [0.4, 0.5) is 17.1 Å². The number of carbonyl (C=O) groups is 2. The molecule has 1 aliphatic rings. The smallest absolute Gasteiger partial charge is 0.282 e. The Morgan fingerprint density at radius 3 is 2.15 bits per heavy atom. The Hall–Kier alpha value is -4.26. The second kappa shape index (κ2) is 8.70. The molecule has 2 amide bonds. The average Bonchev–Trinajstić information content (AvgIpc) is 3.03. The van der Waals surface area contributed by atoms with Crippen LogP contribution in [0.3, 0.4) is 0 Å². The van der Waals surface area contributed by atoms with E-state index in [1.807, 2.05) is 37.3 Å². The van der Waals surface area contributed by atoms with Gasteiger partial charge < -0.3 is 5.32 Å². The van der Waals surface area contributed by atoms with Gasteiger partial charge in [0.1, 0.15) is 5.70 Å². The molecule has 0 atom stereocenters. The molecule has 7 heteroatoms. The highest BCUT2D eigenvalue weighted by molar-refractivity contribution is 6.46. The molecular weight excluding hydrogens is 418 g/mol. The van der Waals surface area contributed by atoms with E-state index in [1.54, 1.807) is 18.2 Å². The van der Waals surface area contributed by atoms with Gasteiger partial charge in [-0.25, -0.2) is 4.90 Å². The summed E-state index contributed by atoms with van der Waals surface area (Å²) in [6, 6.07) is 20.4. The highest BCUT2D eigenvalue weighted by Gasteiger charge is 2.40. The lowest BCUT2D eigenvalue weighted by molar-refractivity contribution is -0.384. The van der Waals surface area contributed by atoms with Crippen LogP contribution in [0.5, 0.6) is 0 Å². The van der Waals surface area contributed by atoms with E-state index < -0.39 is 16.7 Å². The number of aryl methyl sites for hydroxylation is 1. The van der Waals surface area contributed by atoms with Crippen molar-refractivity contribution in [3.05, 3.63) is 105 Å². The number of rotatable bonds is 6. The van der Waals surface area contributed by atoms with E-state index in [2.05, 4.69) is 19.2 Å². The third-order valence-electron chi connectivity index (χ3n) is 5.56. The van der Waals surface area contributed by atoms with Crippen molar-refractivity contribution in [1.82, 2.24) is 0 Å². The van der Waals surface area contributed by atoms with Gasteiger partial charge in [-0.3, -0.25) is 19.7 Å². The van der Waals surface area contributed by atoms with Crippen molar-refractivity contribution in [2.75, 3.05) is 10.2 Å². The Bertz CT molecular complexity index is 1280. The predicted molar refractivity (Wildman–Crippen MR) is 128 cm³/mol. The normalized spacial score (nSPS) is 13.8. The molecule has 33 heavy (non-hydrogen) atoms. The number of nitrogens with one attached hydrogen (secondary N) is 1. The summed E-state index contributed by atoms with van der Waals surface area (Å²) in [5, 5.41) is 14.2. The number of nitro benzene ring substituents is 1. The molecule has 4 rings (SSSR count). The lowest BCUT2D eigenvalue weighted by Crippen LogP contribution is -2.32. The molecule has 166 valence electrons. The van der Waals surface area contributed by atoms with E-state index in [0.29, 0.717) is 22.9 Å². The number of benzene rings is 3. The molecule has 1 aliphatic heterocycles. The number of nitrogens with zero attached hydrogens (tertiary/aromatic N) is 2. The maximum absolute atomic E-state index is 13.5. The van der Waals surface area contributed by atoms with Gasteiger partial charge in [-0.1, -0.05) is 38.1 Å². The summed E-state index contributed by atoms with van der Waals surface area (Å²) in [6.07, 6.45) is 0. The summed E-state index contributed by atoms with van der Waals surface area (Å²) in [5.41, 5.74) is 3.84. The van der Waals surface area contributed by atoms with Gasteiger partial charge in [0.15, 0.2) is 0 Å². The predicted octanol–water partition coefficient (Wildman–Crippen LogP) is 5.42. The Balaban J connectivity index is 1.79. The molecule has 0 bridgehead atoms. The fourth-order valence-corrected chi connectivity index (χ4v) is 3.76. The topological polar surface area (TPSA) is 92.6 Å². The lowest BCUT2D eigenvalue weighted by atomic mass is 10.0. The number of hydrogen-bond acceptors (Lipinski definition) is 5. The van der Waals surface area contributed by atoms with E-state index in [4.69, 9.17) is 0 Å². The minimum Gasteiger partial charge on any atom is -0.350 e. The molecule has 3 aromatic carbocycles. The van der Waals surface area contributed by atoms with Crippen LogP contribution in [0.15, 0.2) is 78.5 Å². The third-order valence-corrected chi connectivity index (χ3v) is 5.56. The van der Waals surface area contributed by atoms with Crippen molar-refractivity contribution < 1.29 is 14.5 Å². The third kappa shape index (κ3) is 4.25. The van der Waals surface area contributed by atoms with Crippen molar-refractivity contribution in [3.8, 4) is 0 Å². The average molecular weight is 441 g/mol. The largest absolute Gasteiger partial charge is 0.350 e. The van der Waals surface area contributed by atoms with Crippen LogP contribution >= 0.6 is 0 Å². The summed E-state index contributed by atoms with van der Waals surface area (Å²) in [7, 11) is 0. The molecule has 3 aromatic rings. The van der Waals surface area contributed by atoms with Gasteiger partial charge in [-0.15, -0.1) is 0 Å². The zero-order valence-electron chi connectivity index (χ0n) is 18.5. The van der Waals surface area contributed by atoms with Crippen LogP contribution in [0, 0.1) is 17.0 Å². The molecule has 1 heterocycles. The van der Waals surface area contributed by atoms with Crippen LogP contribution in [0.25, 0.3) is 5.57 Å². The second-order valence-electron chi connectivity index (χ2n) is 8.24. The van der Waals surface area contributed by atoms with Gasteiger partial charge in [-0.2, -0.15) is 0 Å². The first-order valence-corrected chi connectivity index (χ1v) is 10.6. The number of imide groups is 1. The molecule has 7 nitrogen and oxygen atoms in total. The Labute approximate surface area is 191 Å². The number of hydrogen-bond donors (Lipinski definition) is 1. The molecular formula is C26H23N3O4. The monoisotopic (exact) mass is 441 g/mol.